The molecule has 37 heteroatoms. The second-order valence-corrected chi connectivity index (χ2v) is 48.0. The fraction of sp³-hybridized carbons (Fsp3) is 0.848. The number of nitrogens with two attached hydrogens (primary N) is 1. The van der Waals surface area contributed by atoms with E-state index in [0.717, 1.165) is 121 Å². The van der Waals surface area contributed by atoms with Crippen LogP contribution in [0, 0.1) is 127 Å². The van der Waals surface area contributed by atoms with E-state index in [4.69, 9.17) is 63.0 Å². The molecule has 0 aromatic rings. The van der Waals surface area contributed by atoms with Gasteiger partial charge in [0.05, 0.1) is 142 Å². The Morgan fingerprint density at radius 2 is 0.373 bits per heavy atom. The van der Waals surface area contributed by atoms with Crippen molar-refractivity contribution in [3.63, 3.8) is 0 Å². The lowest BCUT2D eigenvalue weighted by Gasteiger charge is -2.56. The number of hydrogen-bond acceptors (Lipinski definition) is 29. The first kappa shape index (κ1) is 105. The second-order valence-electron chi connectivity index (χ2n) is 48.0. The third-order valence-electron chi connectivity index (χ3n) is 35.7. The Hall–Kier alpha value is -8.04. The lowest BCUT2D eigenvalue weighted by atomic mass is 9.49. The molecule has 24 aliphatic rings. The number of amides is 12. The molecule has 0 aromatic carbocycles. The third-order valence-corrected chi connectivity index (χ3v) is 35.7. The molecule has 4 heterocycles. The quantitative estimate of drug-likeness (QED) is 0.0280. The van der Waals surface area contributed by atoms with E-state index < -0.39 is 108 Å². The van der Waals surface area contributed by atoms with Crippen LogP contribution in [0.4, 0.5) is 0 Å². The van der Waals surface area contributed by atoms with Gasteiger partial charge in [0.15, 0.2) is 0 Å². The average Bonchev–Trinajstić information content (AvgIpc) is 1.12. The van der Waals surface area contributed by atoms with Crippen LogP contribution >= 0.6 is 0 Å². The topological polar surface area (TPSA) is 471 Å². The molecule has 4 aliphatic heterocycles. The molecule has 0 unspecified atom stereocenters. The highest BCUT2D eigenvalue weighted by Crippen LogP contribution is 2.65. The maximum atomic E-state index is 13.4. The predicted octanol–water partition coefficient (Wildman–Crippen LogP) is 9.12. The molecule has 0 radical (unpaired) electrons. The van der Waals surface area contributed by atoms with Crippen LogP contribution in [0.3, 0.4) is 0 Å². The summed E-state index contributed by atoms with van der Waals surface area (Å²) in [5, 5.41) is 14.8. The maximum Gasteiger partial charge on any atom is 0.335 e. The van der Waals surface area contributed by atoms with Crippen molar-refractivity contribution in [2.24, 2.45) is 132 Å². The van der Waals surface area contributed by atoms with Crippen molar-refractivity contribution >= 4 is 94.8 Å². The van der Waals surface area contributed by atoms with Gasteiger partial charge in [0.1, 0.15) is 0 Å². The molecule has 24 fully saturated rings. The Balaban J connectivity index is 0.000000178. The highest BCUT2D eigenvalue weighted by atomic mass is 16.7. The van der Waals surface area contributed by atoms with Gasteiger partial charge in [-0.3, -0.25) is 57.5 Å². The number of nitrogens with one attached hydrogen (secondary N) is 4. The summed E-state index contributed by atoms with van der Waals surface area (Å²) < 4.78 is 48.6. The van der Waals surface area contributed by atoms with E-state index in [-0.39, 0.29) is 228 Å². The summed E-state index contributed by atoms with van der Waals surface area (Å²) in [6, 6.07) is 0. The Morgan fingerprint density at radius 1 is 0.232 bits per heavy atom. The van der Waals surface area contributed by atoms with E-state index >= 15 is 0 Å². The molecule has 20 saturated carbocycles. The number of carbonyl (C=O) groups excluding carboxylic acids is 16. The standard InChI is InChI=1S/C61H96N4O8.C33H40N4O20.C11H19N/c66-53(62-33-57-21-41-9-42(22-57)11-43(10-41)23-57)1-5-70-37-61(38-71-6-2-54(67)63-34-58-24-44-12-45(25-58)14-46(13-44)26-58,39-72-7-3-55(68)64-35-59-27-47-15-48(28-59)17-49(16-47)29-59)40-73-8-4-56(69)65-36-60-30-50-18-51(31-60)20-52(19-50)32-60;38-21-1-2-22(39)34(21)54-29(46)9-13-50-17-33(18-51-14-10-30(47)55-35-23(40)3-4-24(35)41,19-52-15-11-31(48)56-36-25(42)5-6-26(36)43)20-53-16-12-32(49)57-37-27(44)7-8-28(37)45;12-7-11-4-8-1-9(5-11)3-10(2-8)6-11/h41-52H,1-40H2,(H,62,66)(H,63,67)(H,64,68)(H,65,69);1-20H2;8-10H,1-7,12H2. The highest BCUT2D eigenvalue weighted by molar-refractivity contribution is 6.03. The summed E-state index contributed by atoms with van der Waals surface area (Å²) in [5.41, 5.74) is 5.48. The molecule has 142 heavy (non-hydrogen) atoms. The minimum atomic E-state index is -1.37. The van der Waals surface area contributed by atoms with Crippen LogP contribution in [-0.2, 0) is 134 Å². The molecule has 24 rings (SSSR count). The number of rotatable bonds is 53. The van der Waals surface area contributed by atoms with E-state index in [9.17, 15) is 76.7 Å². The van der Waals surface area contributed by atoms with Crippen LogP contribution in [0.1, 0.15) is 295 Å². The molecule has 37 nitrogen and oxygen atoms in total. The maximum absolute atomic E-state index is 13.4. The Kier molecular flexibility index (Phi) is 34.9. The summed E-state index contributed by atoms with van der Waals surface area (Å²) in [6.07, 6.45) is 39.2. The van der Waals surface area contributed by atoms with E-state index in [0.29, 0.717) is 25.7 Å². The molecule has 4 saturated heterocycles. The molecule has 12 amide bonds. The minimum absolute atomic E-state index is 0.0313. The van der Waals surface area contributed by atoms with Gasteiger partial charge in [-0.1, -0.05) is 0 Å². The van der Waals surface area contributed by atoms with Crippen LogP contribution in [0.5, 0.6) is 0 Å². The van der Waals surface area contributed by atoms with Crippen LogP contribution in [-0.4, -0.2) is 253 Å². The zero-order chi connectivity index (χ0) is 99.4. The van der Waals surface area contributed by atoms with E-state index in [1.165, 1.54) is 193 Å². The summed E-state index contributed by atoms with van der Waals surface area (Å²) in [7, 11) is 0. The molecule has 0 aromatic heterocycles. The second kappa shape index (κ2) is 47.0. The molecule has 20 bridgehead atoms. The van der Waals surface area contributed by atoms with Crippen molar-refractivity contribution < 1.29 is 134 Å². The summed E-state index contributed by atoms with van der Waals surface area (Å²) in [6.45, 7) is 3.20. The van der Waals surface area contributed by atoms with Gasteiger partial charge in [0.25, 0.3) is 47.3 Å². The molecule has 0 atom stereocenters. The van der Waals surface area contributed by atoms with E-state index in [1.807, 2.05) is 0 Å². The molecular formula is C105H155N9O28. The van der Waals surface area contributed by atoms with Crippen LogP contribution in [0.15, 0.2) is 0 Å². The molecule has 788 valence electrons. The first-order chi connectivity index (χ1) is 68.3. The van der Waals surface area contributed by atoms with Crippen LogP contribution in [0.2, 0.25) is 0 Å². The first-order valence-electron chi connectivity index (χ1n) is 54.0. The number of hydrogen-bond donors (Lipinski definition) is 5. The number of nitrogens with zero attached hydrogens (tertiary/aromatic N) is 4. The summed E-state index contributed by atoms with van der Waals surface area (Å²) >= 11 is 0. The van der Waals surface area contributed by atoms with Crippen molar-refractivity contribution in [1.29, 1.82) is 0 Å². The van der Waals surface area contributed by atoms with Gasteiger partial charge < -0.3 is 84.2 Å². The van der Waals surface area contributed by atoms with Gasteiger partial charge in [-0.05, 0) is 315 Å². The van der Waals surface area contributed by atoms with Crippen molar-refractivity contribution in [3.05, 3.63) is 0 Å². The van der Waals surface area contributed by atoms with Gasteiger partial charge in [0.2, 0.25) is 23.6 Å². The zero-order valence-corrected chi connectivity index (χ0v) is 83.3. The summed E-state index contributed by atoms with van der Waals surface area (Å²) in [4.78, 5) is 217. The number of imide groups is 4. The van der Waals surface area contributed by atoms with Crippen molar-refractivity contribution in [2.45, 2.75) is 295 Å². The normalized spacial score (nSPS) is 33.5. The zero-order valence-electron chi connectivity index (χ0n) is 83.3. The monoisotopic (exact) mass is 1990 g/mol. The van der Waals surface area contributed by atoms with Crippen molar-refractivity contribution in [1.82, 2.24) is 41.5 Å². The van der Waals surface area contributed by atoms with Crippen molar-refractivity contribution in [3.8, 4) is 0 Å². The molecule has 0 spiro atoms. The van der Waals surface area contributed by atoms with Crippen molar-refractivity contribution in [2.75, 3.05) is 138 Å². The average molecular weight is 1990 g/mol. The number of hydroxylamine groups is 8. The Morgan fingerprint density at radius 3 is 0.521 bits per heavy atom. The van der Waals surface area contributed by atoms with Gasteiger partial charge in [0, 0.05) is 103 Å². The molecule has 20 aliphatic carbocycles. The Labute approximate surface area is 832 Å². The molecule has 6 N–H and O–H groups in total. The van der Waals surface area contributed by atoms with Crippen LogP contribution in [0.25, 0.3) is 0 Å². The lowest BCUT2D eigenvalue weighted by Crippen LogP contribution is -2.51. The smallest absolute Gasteiger partial charge is 0.335 e. The van der Waals surface area contributed by atoms with E-state index in [1.54, 1.807) is 0 Å². The largest absolute Gasteiger partial charge is 0.380 e. The van der Waals surface area contributed by atoms with Crippen LogP contribution < -0.4 is 27.0 Å². The van der Waals surface area contributed by atoms with Gasteiger partial charge >= 0.3 is 23.9 Å². The lowest BCUT2D eigenvalue weighted by molar-refractivity contribution is -0.199. The number of carbonyl (C=O) groups is 16. The van der Waals surface area contributed by atoms with Gasteiger partial charge in [-0.15, -0.1) is 20.3 Å². The highest BCUT2D eigenvalue weighted by Gasteiger charge is 2.57. The predicted molar refractivity (Wildman–Crippen MR) is 501 cm³/mol. The fourth-order valence-electron chi connectivity index (χ4n) is 31.4. The van der Waals surface area contributed by atoms with Gasteiger partial charge in [-0.25, -0.2) is 19.2 Å². The first-order valence-corrected chi connectivity index (χ1v) is 54.0. The molecular weight excluding hydrogens is 1840 g/mol. The Bertz CT molecular complexity index is 3820. The van der Waals surface area contributed by atoms with E-state index in [2.05, 4.69) is 21.3 Å². The fourth-order valence-corrected chi connectivity index (χ4v) is 31.4. The minimum Gasteiger partial charge on any atom is -0.380 e. The SMILES string of the molecule is NCC12CC3CC(CC(C3)C1)C2.O=C(CCOCC(COCCC(=O)NCC12CC3CC(CC(C3)C1)C2)(COCCC(=O)NCC12CC3CC(CC(C3)C1)C2)COCCC(=O)NCC12CC3CC(CC(C3)C1)C2)NCC12CC3CC(CC(C3)C1)C2.O=C(CCOCC(COCCC(=O)ON1C(=O)CCC1=O)(COCCC(=O)ON1C(=O)CCC1=O)COCCC(=O)ON1C(=O)CCC1=O)ON1C(=O)CCC1=O. The third kappa shape index (κ3) is 27.7. The van der Waals surface area contributed by atoms with Gasteiger partial charge in [-0.2, -0.15) is 0 Å². The summed E-state index contributed by atoms with van der Waals surface area (Å²) in [5.74, 6) is 4.05. The number of ether oxygens (including phenoxy) is 8.